The van der Waals surface area contributed by atoms with Crippen molar-refractivity contribution in [3.8, 4) is 11.1 Å². The lowest BCUT2D eigenvalue weighted by molar-refractivity contribution is -0.171. The van der Waals surface area contributed by atoms with Crippen LogP contribution in [0.2, 0.25) is 0 Å². The summed E-state index contributed by atoms with van der Waals surface area (Å²) in [6.45, 7) is 5.30. The van der Waals surface area contributed by atoms with Crippen molar-refractivity contribution in [1.82, 2.24) is 0 Å². The van der Waals surface area contributed by atoms with E-state index in [4.69, 9.17) is 32.7 Å². The Morgan fingerprint density at radius 1 is 1.09 bits per heavy atom. The summed E-state index contributed by atoms with van der Waals surface area (Å²) < 4.78 is 47.5. The number of methoxy groups -OCH3 is 1. The number of carbonyl (C=O) groups excluding carboxylic acids is 1. The van der Waals surface area contributed by atoms with Crippen molar-refractivity contribution >= 4 is 29.2 Å². The van der Waals surface area contributed by atoms with Crippen LogP contribution in [0.15, 0.2) is 48.5 Å². The largest absolute Gasteiger partial charge is 0.461 e. The molecular formula is C24H25Cl2F3O3. The highest BCUT2D eigenvalue weighted by atomic mass is 35.5. The molecule has 0 radical (unpaired) electrons. The fourth-order valence-electron chi connectivity index (χ4n) is 4.38. The van der Waals surface area contributed by atoms with E-state index in [0.29, 0.717) is 0 Å². The van der Waals surface area contributed by atoms with Gasteiger partial charge in [0.25, 0.3) is 0 Å². The van der Waals surface area contributed by atoms with Gasteiger partial charge >= 0.3 is 12.1 Å². The maximum atomic E-state index is 13.4. The molecule has 174 valence electrons. The normalized spacial score (nSPS) is 21.2. The lowest BCUT2D eigenvalue weighted by atomic mass is 9.97. The van der Waals surface area contributed by atoms with Crippen LogP contribution >= 0.6 is 23.2 Å². The summed E-state index contributed by atoms with van der Waals surface area (Å²) in [5, 5.41) is 0. The number of hydrogen-bond donors (Lipinski definition) is 0. The van der Waals surface area contributed by atoms with E-state index < -0.39 is 39.8 Å². The van der Waals surface area contributed by atoms with Crippen LogP contribution in [-0.2, 0) is 20.9 Å². The van der Waals surface area contributed by atoms with Crippen LogP contribution in [0.5, 0.6) is 0 Å². The third-order valence-corrected chi connectivity index (χ3v) is 7.24. The van der Waals surface area contributed by atoms with Crippen molar-refractivity contribution in [3.05, 3.63) is 59.7 Å². The van der Waals surface area contributed by atoms with Crippen molar-refractivity contribution in [3.63, 3.8) is 0 Å². The molecule has 3 atom stereocenters. The molecule has 0 heterocycles. The van der Waals surface area contributed by atoms with E-state index in [-0.39, 0.29) is 6.61 Å². The number of esters is 1. The first kappa shape index (κ1) is 24.9. The molecule has 8 heteroatoms. The van der Waals surface area contributed by atoms with Gasteiger partial charge in [-0.25, -0.2) is 0 Å². The average molecular weight is 489 g/mol. The third kappa shape index (κ3) is 4.50. The Kier molecular flexibility index (Phi) is 6.90. The smallest absolute Gasteiger partial charge is 0.424 e. The maximum Gasteiger partial charge on any atom is 0.424 e. The Bertz CT molecular complexity index is 974. The van der Waals surface area contributed by atoms with Crippen LogP contribution in [0.4, 0.5) is 13.2 Å². The first-order valence-electron chi connectivity index (χ1n) is 10.1. The Balaban J connectivity index is 1.75. The Labute approximate surface area is 195 Å². The van der Waals surface area contributed by atoms with Crippen LogP contribution < -0.4 is 0 Å². The molecule has 0 bridgehead atoms. The van der Waals surface area contributed by atoms with Gasteiger partial charge in [-0.1, -0.05) is 85.6 Å². The summed E-state index contributed by atoms with van der Waals surface area (Å²) in [7, 11) is 1.10. The van der Waals surface area contributed by atoms with E-state index in [2.05, 4.69) is 0 Å². The lowest BCUT2D eigenvalue weighted by Crippen LogP contribution is -2.48. The lowest BCUT2D eigenvalue weighted by Gasteiger charge is -2.31. The van der Waals surface area contributed by atoms with Gasteiger partial charge in [0.2, 0.25) is 4.33 Å². The zero-order valence-electron chi connectivity index (χ0n) is 18.2. The SMILES string of the molecule is COC(C1C(C(=O)OCc2cccc(-c3ccccc3)c2C)C1(C)C)C(Cl)(Cl)C(F)(F)F. The highest BCUT2D eigenvalue weighted by Gasteiger charge is 2.73. The quantitative estimate of drug-likeness (QED) is 0.320. The zero-order chi connectivity index (χ0) is 23.9. The summed E-state index contributed by atoms with van der Waals surface area (Å²) in [5.41, 5.74) is 3.03. The number of carbonyl (C=O) groups is 1. The number of rotatable bonds is 7. The zero-order valence-corrected chi connectivity index (χ0v) is 19.7. The number of alkyl halides is 5. The Hall–Kier alpha value is -1.76. The van der Waals surface area contributed by atoms with Crippen molar-refractivity contribution in [1.29, 1.82) is 0 Å². The molecule has 1 aliphatic rings. The molecule has 0 N–H and O–H groups in total. The highest BCUT2D eigenvalue weighted by molar-refractivity contribution is 6.49. The fourth-order valence-corrected chi connectivity index (χ4v) is 4.83. The summed E-state index contributed by atoms with van der Waals surface area (Å²) in [6.07, 6.45) is -6.53. The van der Waals surface area contributed by atoms with Crippen LogP contribution in [0.1, 0.15) is 25.0 Å². The summed E-state index contributed by atoms with van der Waals surface area (Å²) in [4.78, 5) is 12.8. The van der Waals surface area contributed by atoms with Gasteiger partial charge in [0, 0.05) is 13.0 Å². The molecule has 2 aromatic rings. The van der Waals surface area contributed by atoms with Gasteiger partial charge in [0.05, 0.1) is 5.92 Å². The topological polar surface area (TPSA) is 35.5 Å². The number of halogens is 5. The molecule has 3 unspecified atom stereocenters. The van der Waals surface area contributed by atoms with Crippen molar-refractivity contribution < 1.29 is 27.4 Å². The van der Waals surface area contributed by atoms with Crippen molar-refractivity contribution in [2.75, 3.05) is 7.11 Å². The van der Waals surface area contributed by atoms with Gasteiger partial charge in [-0.2, -0.15) is 13.2 Å². The van der Waals surface area contributed by atoms with E-state index >= 15 is 0 Å². The van der Waals surface area contributed by atoms with Gasteiger partial charge in [0.1, 0.15) is 12.7 Å². The third-order valence-electron chi connectivity index (χ3n) is 6.38. The van der Waals surface area contributed by atoms with Gasteiger partial charge in [-0.15, -0.1) is 0 Å². The highest BCUT2D eigenvalue weighted by Crippen LogP contribution is 2.65. The molecule has 0 saturated heterocycles. The monoisotopic (exact) mass is 488 g/mol. The first-order valence-corrected chi connectivity index (χ1v) is 10.9. The summed E-state index contributed by atoms with van der Waals surface area (Å²) in [5.74, 6) is -2.25. The Morgan fingerprint density at radius 2 is 1.72 bits per heavy atom. The fraction of sp³-hybridized carbons (Fsp3) is 0.458. The molecular weight excluding hydrogens is 464 g/mol. The van der Waals surface area contributed by atoms with Crippen LogP contribution in [-0.4, -0.2) is 29.7 Å². The van der Waals surface area contributed by atoms with Crippen LogP contribution in [0, 0.1) is 24.2 Å². The molecule has 3 nitrogen and oxygen atoms in total. The van der Waals surface area contributed by atoms with E-state index in [1.165, 1.54) is 0 Å². The molecule has 1 fully saturated rings. The van der Waals surface area contributed by atoms with Gasteiger partial charge in [-0.05, 0) is 34.6 Å². The molecule has 32 heavy (non-hydrogen) atoms. The molecule has 3 rings (SSSR count). The minimum atomic E-state index is -4.92. The predicted octanol–water partition coefficient (Wildman–Crippen LogP) is 6.73. The average Bonchev–Trinajstić information content (AvgIpc) is 3.28. The van der Waals surface area contributed by atoms with Gasteiger partial charge in [-0.3, -0.25) is 4.79 Å². The maximum absolute atomic E-state index is 13.4. The molecule has 1 saturated carbocycles. The minimum absolute atomic E-state index is 0.00839. The van der Waals surface area contributed by atoms with E-state index in [1.807, 2.05) is 55.5 Å². The standard InChI is InChI=1S/C24H25Cl2F3O3/c1-14-16(11-8-12-17(14)15-9-6-5-7-10-15)13-32-21(30)19-18(22(19,2)3)20(31-4)23(25,26)24(27,28)29/h5-12,18-20H,13H2,1-4H3. The van der Waals surface area contributed by atoms with Crippen molar-refractivity contribution in [2.45, 2.75) is 44.0 Å². The van der Waals surface area contributed by atoms with E-state index in [0.717, 1.165) is 29.4 Å². The first-order chi connectivity index (χ1) is 14.8. The Morgan fingerprint density at radius 3 is 2.28 bits per heavy atom. The molecule has 2 aromatic carbocycles. The van der Waals surface area contributed by atoms with Crippen molar-refractivity contribution in [2.24, 2.45) is 17.3 Å². The molecule has 0 spiro atoms. The second kappa shape index (κ2) is 8.88. The second-order valence-electron chi connectivity index (χ2n) is 8.67. The number of hydrogen-bond acceptors (Lipinski definition) is 3. The molecule has 0 aromatic heterocycles. The minimum Gasteiger partial charge on any atom is -0.461 e. The van der Waals surface area contributed by atoms with Gasteiger partial charge in [0.15, 0.2) is 0 Å². The predicted molar refractivity (Wildman–Crippen MR) is 118 cm³/mol. The van der Waals surface area contributed by atoms with Gasteiger partial charge < -0.3 is 9.47 Å². The van der Waals surface area contributed by atoms with Crippen LogP contribution in [0.3, 0.4) is 0 Å². The van der Waals surface area contributed by atoms with E-state index in [9.17, 15) is 18.0 Å². The molecule has 1 aliphatic carbocycles. The number of ether oxygens (including phenoxy) is 2. The molecule has 0 amide bonds. The van der Waals surface area contributed by atoms with Crippen LogP contribution in [0.25, 0.3) is 11.1 Å². The summed E-state index contributed by atoms with van der Waals surface area (Å²) in [6, 6.07) is 15.5. The molecule has 0 aliphatic heterocycles. The van der Waals surface area contributed by atoms with E-state index in [1.54, 1.807) is 13.8 Å². The number of benzene rings is 2. The second-order valence-corrected chi connectivity index (χ2v) is 10.1. The summed E-state index contributed by atoms with van der Waals surface area (Å²) >= 11 is 11.3.